The number of nitrogens with one attached hydrogen (secondary N) is 1. The van der Waals surface area contributed by atoms with E-state index >= 15 is 0 Å². The van der Waals surface area contributed by atoms with Gasteiger partial charge in [-0.1, -0.05) is 17.7 Å². The van der Waals surface area contributed by atoms with Crippen molar-refractivity contribution in [3.05, 3.63) is 57.8 Å². The molecule has 0 saturated heterocycles. The summed E-state index contributed by atoms with van der Waals surface area (Å²) >= 11 is 3.38. The lowest BCUT2D eigenvalue weighted by Gasteiger charge is -2.19. The van der Waals surface area contributed by atoms with Gasteiger partial charge in [0, 0.05) is 28.3 Å². The summed E-state index contributed by atoms with van der Waals surface area (Å²) in [5.74, 6) is 6.54. The van der Waals surface area contributed by atoms with Gasteiger partial charge in [0.2, 0.25) is 0 Å². The number of nitrogens with two attached hydrogens (primary N) is 1. The third kappa shape index (κ3) is 3.56. The van der Waals surface area contributed by atoms with Gasteiger partial charge in [0.15, 0.2) is 0 Å². The van der Waals surface area contributed by atoms with Gasteiger partial charge in [-0.3, -0.25) is 16.3 Å². The molecule has 0 aliphatic rings. The van der Waals surface area contributed by atoms with Crippen LogP contribution in [-0.4, -0.2) is 12.1 Å². The molecule has 1 unspecified atom stereocenters. The van der Waals surface area contributed by atoms with Crippen molar-refractivity contribution in [3.63, 3.8) is 0 Å². The summed E-state index contributed by atoms with van der Waals surface area (Å²) in [5, 5.41) is 0. The van der Waals surface area contributed by atoms with Crippen LogP contribution in [0.25, 0.3) is 0 Å². The van der Waals surface area contributed by atoms with Crippen molar-refractivity contribution in [3.8, 4) is 5.75 Å². The SMILES string of the molecule is COc1ccc(C)cc1C(Cc1ccc(Br)cn1)NN. The number of hydrogen-bond acceptors (Lipinski definition) is 4. The van der Waals surface area contributed by atoms with Crippen molar-refractivity contribution < 1.29 is 4.74 Å². The molecule has 1 atom stereocenters. The number of halogens is 1. The van der Waals surface area contributed by atoms with Gasteiger partial charge in [0.05, 0.1) is 13.2 Å². The lowest BCUT2D eigenvalue weighted by molar-refractivity contribution is 0.398. The van der Waals surface area contributed by atoms with Gasteiger partial charge in [-0.15, -0.1) is 0 Å². The first-order valence-electron chi connectivity index (χ1n) is 6.35. The second-order valence-corrected chi connectivity index (χ2v) is 5.55. The van der Waals surface area contributed by atoms with Crippen LogP contribution >= 0.6 is 15.9 Å². The van der Waals surface area contributed by atoms with E-state index in [2.05, 4.69) is 32.4 Å². The fourth-order valence-corrected chi connectivity index (χ4v) is 2.36. The Kier molecular flexibility index (Phi) is 5.11. The highest BCUT2D eigenvalue weighted by Gasteiger charge is 2.16. The minimum absolute atomic E-state index is 0.0430. The van der Waals surface area contributed by atoms with Crippen LogP contribution in [0, 0.1) is 6.92 Å². The molecule has 3 N–H and O–H groups in total. The van der Waals surface area contributed by atoms with Crippen molar-refractivity contribution in [1.82, 2.24) is 10.4 Å². The van der Waals surface area contributed by atoms with Crippen LogP contribution in [0.1, 0.15) is 22.9 Å². The molecule has 0 aliphatic heterocycles. The molecule has 0 fully saturated rings. The molecule has 2 aromatic rings. The number of ether oxygens (including phenoxy) is 1. The van der Waals surface area contributed by atoms with E-state index < -0.39 is 0 Å². The lowest BCUT2D eigenvalue weighted by Crippen LogP contribution is -2.30. The van der Waals surface area contributed by atoms with E-state index in [0.29, 0.717) is 6.42 Å². The maximum atomic E-state index is 5.71. The van der Waals surface area contributed by atoms with Crippen molar-refractivity contribution >= 4 is 15.9 Å². The molecule has 5 heteroatoms. The highest BCUT2D eigenvalue weighted by atomic mass is 79.9. The topological polar surface area (TPSA) is 60.2 Å². The molecule has 0 saturated carbocycles. The number of pyridine rings is 1. The van der Waals surface area contributed by atoms with Gasteiger partial charge in [0.25, 0.3) is 0 Å². The summed E-state index contributed by atoms with van der Waals surface area (Å²) in [6.07, 6.45) is 2.49. The van der Waals surface area contributed by atoms with E-state index in [1.54, 1.807) is 13.3 Å². The molecule has 106 valence electrons. The Morgan fingerprint density at radius 1 is 1.35 bits per heavy atom. The van der Waals surface area contributed by atoms with Crippen LogP contribution in [-0.2, 0) is 6.42 Å². The minimum Gasteiger partial charge on any atom is -0.496 e. The Morgan fingerprint density at radius 3 is 2.75 bits per heavy atom. The smallest absolute Gasteiger partial charge is 0.123 e. The average molecular weight is 336 g/mol. The number of rotatable bonds is 5. The molecular weight excluding hydrogens is 318 g/mol. The molecule has 4 nitrogen and oxygen atoms in total. The minimum atomic E-state index is -0.0430. The number of aromatic nitrogens is 1. The first-order chi connectivity index (χ1) is 9.63. The number of nitrogens with zero attached hydrogens (tertiary/aromatic N) is 1. The standard InChI is InChI=1S/C15H18BrN3O/c1-10-3-6-15(20-2)13(7-10)14(19-17)8-12-5-4-11(16)9-18-12/h3-7,9,14,19H,8,17H2,1-2H3. The van der Waals surface area contributed by atoms with Crippen molar-refractivity contribution in [2.24, 2.45) is 5.84 Å². The van der Waals surface area contributed by atoms with Gasteiger partial charge in [0.1, 0.15) is 5.75 Å². The Bertz CT molecular complexity index is 572. The van der Waals surface area contributed by atoms with E-state index in [4.69, 9.17) is 10.6 Å². The van der Waals surface area contributed by atoms with Crippen LogP contribution in [0.3, 0.4) is 0 Å². The summed E-state index contributed by atoms with van der Waals surface area (Å²) in [6.45, 7) is 2.05. The molecular formula is C15H18BrN3O. The number of hydrogen-bond donors (Lipinski definition) is 2. The van der Waals surface area contributed by atoms with Gasteiger partial charge in [-0.05, 0) is 41.1 Å². The maximum absolute atomic E-state index is 5.71. The average Bonchev–Trinajstić information content (AvgIpc) is 2.46. The summed E-state index contributed by atoms with van der Waals surface area (Å²) < 4.78 is 6.38. The van der Waals surface area contributed by atoms with E-state index in [9.17, 15) is 0 Å². The van der Waals surface area contributed by atoms with Crippen molar-refractivity contribution in [1.29, 1.82) is 0 Å². The second kappa shape index (κ2) is 6.83. The molecule has 0 bridgehead atoms. The predicted molar refractivity (Wildman–Crippen MR) is 83.4 cm³/mol. The normalized spacial score (nSPS) is 12.2. The third-order valence-electron chi connectivity index (χ3n) is 3.16. The predicted octanol–water partition coefficient (Wildman–Crippen LogP) is 2.91. The molecule has 0 radical (unpaired) electrons. The number of aryl methyl sites for hydroxylation is 1. The molecule has 0 spiro atoms. The molecule has 0 aliphatic carbocycles. The van der Waals surface area contributed by atoms with Gasteiger partial charge < -0.3 is 4.74 Å². The van der Waals surface area contributed by atoms with Gasteiger partial charge in [-0.2, -0.15) is 0 Å². The van der Waals surface area contributed by atoms with Crippen LogP contribution < -0.4 is 16.0 Å². The molecule has 1 heterocycles. The Balaban J connectivity index is 2.28. The highest BCUT2D eigenvalue weighted by molar-refractivity contribution is 9.10. The first-order valence-corrected chi connectivity index (χ1v) is 7.14. The Labute approximate surface area is 127 Å². The summed E-state index contributed by atoms with van der Waals surface area (Å²) in [5.41, 5.74) is 6.04. The zero-order valence-electron chi connectivity index (χ0n) is 11.6. The zero-order valence-corrected chi connectivity index (χ0v) is 13.1. The second-order valence-electron chi connectivity index (χ2n) is 4.64. The van der Waals surface area contributed by atoms with E-state index in [1.807, 2.05) is 31.2 Å². The summed E-state index contributed by atoms with van der Waals surface area (Å²) in [7, 11) is 1.67. The largest absolute Gasteiger partial charge is 0.496 e. The third-order valence-corrected chi connectivity index (χ3v) is 3.63. The Morgan fingerprint density at radius 2 is 2.15 bits per heavy atom. The maximum Gasteiger partial charge on any atom is 0.123 e. The monoisotopic (exact) mass is 335 g/mol. The van der Waals surface area contributed by atoms with E-state index in [-0.39, 0.29) is 6.04 Å². The van der Waals surface area contributed by atoms with Gasteiger partial charge in [-0.25, -0.2) is 0 Å². The van der Waals surface area contributed by atoms with Gasteiger partial charge >= 0.3 is 0 Å². The number of benzene rings is 1. The molecule has 0 amide bonds. The summed E-state index contributed by atoms with van der Waals surface area (Å²) in [6, 6.07) is 9.98. The molecule has 20 heavy (non-hydrogen) atoms. The number of methoxy groups -OCH3 is 1. The molecule has 1 aromatic carbocycles. The first kappa shape index (κ1) is 15.0. The fraction of sp³-hybridized carbons (Fsp3) is 0.267. The van der Waals surface area contributed by atoms with E-state index in [0.717, 1.165) is 21.5 Å². The number of hydrazine groups is 1. The van der Waals surface area contributed by atoms with E-state index in [1.165, 1.54) is 5.56 Å². The quantitative estimate of drug-likeness (QED) is 0.651. The molecule has 1 aromatic heterocycles. The molecule has 2 rings (SSSR count). The Hall–Kier alpha value is -1.43. The highest BCUT2D eigenvalue weighted by Crippen LogP contribution is 2.28. The van der Waals surface area contributed by atoms with Crippen LogP contribution in [0.2, 0.25) is 0 Å². The fourth-order valence-electron chi connectivity index (χ4n) is 2.12. The van der Waals surface area contributed by atoms with Crippen LogP contribution in [0.15, 0.2) is 41.0 Å². The lowest BCUT2D eigenvalue weighted by atomic mass is 9.99. The van der Waals surface area contributed by atoms with Crippen LogP contribution in [0.4, 0.5) is 0 Å². The summed E-state index contributed by atoms with van der Waals surface area (Å²) in [4.78, 5) is 4.39. The van der Waals surface area contributed by atoms with Crippen molar-refractivity contribution in [2.45, 2.75) is 19.4 Å². The van der Waals surface area contributed by atoms with Crippen LogP contribution in [0.5, 0.6) is 5.75 Å². The zero-order chi connectivity index (χ0) is 14.5. The van der Waals surface area contributed by atoms with Crippen molar-refractivity contribution in [2.75, 3.05) is 7.11 Å².